The Hall–Kier alpha value is -1.53. The zero-order chi connectivity index (χ0) is 15.0. The number of rotatable bonds is 4. The van der Waals surface area contributed by atoms with Gasteiger partial charge in [-0.2, -0.15) is 5.10 Å². The Morgan fingerprint density at radius 2 is 2.14 bits per heavy atom. The second-order valence-electron chi connectivity index (χ2n) is 4.99. The second kappa shape index (κ2) is 5.69. The molecule has 2 heterocycles. The molecule has 1 aromatic carbocycles. The number of hydrogen-bond acceptors (Lipinski definition) is 4. The molecule has 0 fully saturated rings. The van der Waals surface area contributed by atoms with E-state index in [9.17, 15) is 5.11 Å². The summed E-state index contributed by atoms with van der Waals surface area (Å²) >= 11 is 3.55. The van der Waals surface area contributed by atoms with Gasteiger partial charge < -0.3 is 14.6 Å². The van der Waals surface area contributed by atoms with Crippen LogP contribution < -0.4 is 9.47 Å². The SMILES string of the molecule is CCn1nc(C)c(Br)c1CC(O)c1ccc2c(c1)OCO2. The van der Waals surface area contributed by atoms with Crippen LogP contribution in [0.3, 0.4) is 0 Å². The molecule has 0 radical (unpaired) electrons. The van der Waals surface area contributed by atoms with Gasteiger partial charge in [0.25, 0.3) is 0 Å². The number of nitrogens with zero attached hydrogens (tertiary/aromatic N) is 2. The van der Waals surface area contributed by atoms with Crippen LogP contribution in [0, 0.1) is 6.92 Å². The standard InChI is InChI=1S/C15H17BrN2O3/c1-3-18-11(15(16)9(2)17-18)7-12(19)10-4-5-13-14(6-10)21-8-20-13/h4-6,12,19H,3,7-8H2,1-2H3. The summed E-state index contributed by atoms with van der Waals surface area (Å²) in [5.41, 5.74) is 2.75. The summed E-state index contributed by atoms with van der Waals surface area (Å²) in [5, 5.41) is 14.9. The quantitative estimate of drug-likeness (QED) is 0.918. The fourth-order valence-electron chi connectivity index (χ4n) is 2.49. The van der Waals surface area contributed by atoms with E-state index in [1.807, 2.05) is 36.7 Å². The van der Waals surface area contributed by atoms with Gasteiger partial charge in [0.15, 0.2) is 11.5 Å². The maximum Gasteiger partial charge on any atom is 0.231 e. The third-order valence-corrected chi connectivity index (χ3v) is 4.65. The van der Waals surface area contributed by atoms with Crippen molar-refractivity contribution in [2.24, 2.45) is 0 Å². The first-order valence-electron chi connectivity index (χ1n) is 6.89. The van der Waals surface area contributed by atoms with Crippen molar-refractivity contribution < 1.29 is 14.6 Å². The largest absolute Gasteiger partial charge is 0.454 e. The molecule has 0 amide bonds. The van der Waals surface area contributed by atoms with Gasteiger partial charge in [0.2, 0.25) is 6.79 Å². The van der Waals surface area contributed by atoms with E-state index in [4.69, 9.17) is 9.47 Å². The molecule has 6 heteroatoms. The Morgan fingerprint density at radius 3 is 2.90 bits per heavy atom. The zero-order valence-corrected chi connectivity index (χ0v) is 13.6. The molecule has 112 valence electrons. The van der Waals surface area contributed by atoms with E-state index in [1.165, 1.54) is 0 Å². The summed E-state index contributed by atoms with van der Waals surface area (Å²) in [7, 11) is 0. The number of hydrogen-bond donors (Lipinski definition) is 1. The highest BCUT2D eigenvalue weighted by atomic mass is 79.9. The zero-order valence-electron chi connectivity index (χ0n) is 12.0. The molecular weight excluding hydrogens is 336 g/mol. The highest BCUT2D eigenvalue weighted by molar-refractivity contribution is 9.10. The Labute approximate surface area is 131 Å². The summed E-state index contributed by atoms with van der Waals surface area (Å²) in [6.07, 6.45) is -0.119. The van der Waals surface area contributed by atoms with Crippen molar-refractivity contribution in [2.75, 3.05) is 6.79 Å². The molecule has 1 aliphatic heterocycles. The lowest BCUT2D eigenvalue weighted by molar-refractivity contribution is 0.170. The molecule has 0 bridgehead atoms. The number of aromatic nitrogens is 2. The molecule has 1 atom stereocenters. The first-order chi connectivity index (χ1) is 10.1. The van der Waals surface area contributed by atoms with Crippen LogP contribution in [0.15, 0.2) is 22.7 Å². The summed E-state index contributed by atoms with van der Waals surface area (Å²) < 4.78 is 13.5. The predicted molar refractivity (Wildman–Crippen MR) is 81.6 cm³/mol. The van der Waals surface area contributed by atoms with Gasteiger partial charge in [-0.25, -0.2) is 0 Å². The molecule has 21 heavy (non-hydrogen) atoms. The van der Waals surface area contributed by atoms with Gasteiger partial charge in [-0.1, -0.05) is 6.07 Å². The van der Waals surface area contributed by atoms with Crippen LogP contribution in [-0.4, -0.2) is 21.7 Å². The number of ether oxygens (including phenoxy) is 2. The molecule has 0 aliphatic carbocycles. The minimum Gasteiger partial charge on any atom is -0.454 e. The molecule has 3 rings (SSSR count). The Kier molecular flexibility index (Phi) is 3.91. The maximum atomic E-state index is 10.5. The van der Waals surface area contributed by atoms with E-state index in [2.05, 4.69) is 21.0 Å². The highest BCUT2D eigenvalue weighted by Crippen LogP contribution is 2.35. The van der Waals surface area contributed by atoms with Crippen LogP contribution in [0.2, 0.25) is 0 Å². The molecular formula is C15H17BrN2O3. The fraction of sp³-hybridized carbons (Fsp3) is 0.400. The van der Waals surface area contributed by atoms with Crippen molar-refractivity contribution in [3.8, 4) is 11.5 Å². The van der Waals surface area contributed by atoms with Crippen molar-refractivity contribution in [3.05, 3.63) is 39.6 Å². The van der Waals surface area contributed by atoms with E-state index in [-0.39, 0.29) is 6.79 Å². The van der Waals surface area contributed by atoms with E-state index in [1.54, 1.807) is 0 Å². The Bertz CT molecular complexity index is 669. The van der Waals surface area contributed by atoms with E-state index >= 15 is 0 Å². The van der Waals surface area contributed by atoms with Crippen LogP contribution in [0.5, 0.6) is 11.5 Å². The van der Waals surface area contributed by atoms with E-state index < -0.39 is 6.10 Å². The van der Waals surface area contributed by atoms with E-state index in [0.717, 1.165) is 33.7 Å². The average molecular weight is 353 g/mol. The van der Waals surface area contributed by atoms with Crippen molar-refractivity contribution in [2.45, 2.75) is 32.9 Å². The van der Waals surface area contributed by atoms with Crippen molar-refractivity contribution >= 4 is 15.9 Å². The monoisotopic (exact) mass is 352 g/mol. The smallest absolute Gasteiger partial charge is 0.231 e. The number of aryl methyl sites for hydroxylation is 2. The molecule has 1 aliphatic rings. The van der Waals surface area contributed by atoms with Crippen LogP contribution in [0.25, 0.3) is 0 Å². The molecule has 0 spiro atoms. The van der Waals surface area contributed by atoms with Crippen LogP contribution >= 0.6 is 15.9 Å². The molecule has 0 saturated carbocycles. The number of benzene rings is 1. The number of aliphatic hydroxyl groups excluding tert-OH is 1. The van der Waals surface area contributed by atoms with Gasteiger partial charge in [0.05, 0.1) is 22.0 Å². The van der Waals surface area contributed by atoms with Gasteiger partial charge in [-0.05, 0) is 47.5 Å². The van der Waals surface area contributed by atoms with Crippen LogP contribution in [0.4, 0.5) is 0 Å². The highest BCUT2D eigenvalue weighted by Gasteiger charge is 2.20. The fourth-order valence-corrected chi connectivity index (χ4v) is 2.93. The molecule has 1 N–H and O–H groups in total. The summed E-state index contributed by atoms with van der Waals surface area (Å²) in [5.74, 6) is 1.41. The molecule has 0 saturated heterocycles. The summed E-state index contributed by atoms with van der Waals surface area (Å²) in [6.45, 7) is 5.00. The Balaban J connectivity index is 1.85. The maximum absolute atomic E-state index is 10.5. The van der Waals surface area contributed by atoms with Crippen molar-refractivity contribution in [1.29, 1.82) is 0 Å². The minimum absolute atomic E-state index is 0.238. The summed E-state index contributed by atoms with van der Waals surface area (Å²) in [4.78, 5) is 0. The molecule has 5 nitrogen and oxygen atoms in total. The number of fused-ring (bicyclic) bond motifs is 1. The van der Waals surface area contributed by atoms with Gasteiger partial charge in [-0.3, -0.25) is 4.68 Å². The van der Waals surface area contributed by atoms with Gasteiger partial charge in [-0.15, -0.1) is 0 Å². The normalized spacial score (nSPS) is 14.5. The lowest BCUT2D eigenvalue weighted by Crippen LogP contribution is -2.09. The van der Waals surface area contributed by atoms with Crippen molar-refractivity contribution in [3.63, 3.8) is 0 Å². The average Bonchev–Trinajstić information content (AvgIpc) is 3.05. The predicted octanol–water partition coefficient (Wildman–Crippen LogP) is 2.98. The summed E-state index contributed by atoms with van der Waals surface area (Å²) in [6, 6.07) is 5.53. The third kappa shape index (κ3) is 2.65. The minimum atomic E-state index is -0.614. The van der Waals surface area contributed by atoms with Crippen LogP contribution in [0.1, 0.15) is 30.0 Å². The Morgan fingerprint density at radius 1 is 1.38 bits per heavy atom. The van der Waals surface area contributed by atoms with E-state index in [0.29, 0.717) is 12.2 Å². The first kappa shape index (κ1) is 14.4. The first-order valence-corrected chi connectivity index (χ1v) is 7.68. The molecule has 1 unspecified atom stereocenters. The molecule has 1 aromatic heterocycles. The number of halogens is 1. The van der Waals surface area contributed by atoms with Gasteiger partial charge >= 0.3 is 0 Å². The van der Waals surface area contributed by atoms with Crippen LogP contribution in [-0.2, 0) is 13.0 Å². The lowest BCUT2D eigenvalue weighted by atomic mass is 10.0. The lowest BCUT2D eigenvalue weighted by Gasteiger charge is -2.13. The van der Waals surface area contributed by atoms with Crippen molar-refractivity contribution in [1.82, 2.24) is 9.78 Å². The van der Waals surface area contributed by atoms with Gasteiger partial charge in [0.1, 0.15) is 0 Å². The van der Waals surface area contributed by atoms with Gasteiger partial charge in [0, 0.05) is 13.0 Å². The third-order valence-electron chi connectivity index (χ3n) is 3.62. The topological polar surface area (TPSA) is 56.5 Å². The number of aliphatic hydroxyl groups is 1. The molecule has 2 aromatic rings. The second-order valence-corrected chi connectivity index (χ2v) is 5.79.